The molecule has 3 heteroatoms. The third-order valence-corrected chi connectivity index (χ3v) is 2.72. The van der Waals surface area contributed by atoms with E-state index in [2.05, 4.69) is 6.92 Å². The van der Waals surface area contributed by atoms with Gasteiger partial charge in [-0.05, 0) is 31.9 Å². The first-order valence-electron chi connectivity index (χ1n) is 5.34. The number of ether oxygens (including phenoxy) is 1. The van der Waals surface area contributed by atoms with Crippen molar-refractivity contribution >= 4 is 11.6 Å². The summed E-state index contributed by atoms with van der Waals surface area (Å²) in [4.78, 5) is 0. The molecule has 1 rings (SSSR count). The molecule has 0 aliphatic rings. The van der Waals surface area contributed by atoms with Gasteiger partial charge in [0.2, 0.25) is 0 Å². The molecule has 0 aliphatic carbocycles. The van der Waals surface area contributed by atoms with Crippen molar-refractivity contribution in [1.29, 1.82) is 0 Å². The summed E-state index contributed by atoms with van der Waals surface area (Å²) in [6, 6.07) is 5.85. The predicted octanol–water partition coefficient (Wildman–Crippen LogP) is 3.02. The summed E-state index contributed by atoms with van der Waals surface area (Å²) >= 11 is 6.13. The zero-order valence-electron chi connectivity index (χ0n) is 9.29. The Bertz CT molecular complexity index is 314. The SMILES string of the molecule is CCOc1cccc(Cl)c1CC(N)CC. The third kappa shape index (κ3) is 3.40. The number of benzene rings is 1. The van der Waals surface area contributed by atoms with Gasteiger partial charge in [0.1, 0.15) is 5.75 Å². The Hall–Kier alpha value is -0.730. The molecule has 0 aromatic heterocycles. The van der Waals surface area contributed by atoms with Gasteiger partial charge in [0.05, 0.1) is 6.61 Å². The Morgan fingerprint density at radius 1 is 1.40 bits per heavy atom. The average Bonchev–Trinajstić information content (AvgIpc) is 2.23. The molecular formula is C12H18ClNO. The lowest BCUT2D eigenvalue weighted by Gasteiger charge is -2.14. The van der Waals surface area contributed by atoms with Crippen LogP contribution in [0.4, 0.5) is 0 Å². The van der Waals surface area contributed by atoms with Gasteiger partial charge in [0.15, 0.2) is 0 Å². The maximum Gasteiger partial charge on any atom is 0.124 e. The number of hydrogen-bond acceptors (Lipinski definition) is 2. The molecular weight excluding hydrogens is 210 g/mol. The van der Waals surface area contributed by atoms with Crippen molar-refractivity contribution in [3.8, 4) is 5.75 Å². The molecule has 0 saturated carbocycles. The summed E-state index contributed by atoms with van der Waals surface area (Å²) in [5.74, 6) is 0.855. The van der Waals surface area contributed by atoms with E-state index in [0.717, 1.165) is 29.2 Å². The predicted molar refractivity (Wildman–Crippen MR) is 64.6 cm³/mol. The largest absolute Gasteiger partial charge is 0.494 e. The summed E-state index contributed by atoms with van der Waals surface area (Å²) in [6.07, 6.45) is 1.71. The van der Waals surface area contributed by atoms with Gasteiger partial charge in [-0.15, -0.1) is 0 Å². The van der Waals surface area contributed by atoms with Crippen LogP contribution in [0.5, 0.6) is 5.75 Å². The van der Waals surface area contributed by atoms with Crippen molar-refractivity contribution in [1.82, 2.24) is 0 Å². The lowest BCUT2D eigenvalue weighted by molar-refractivity contribution is 0.335. The summed E-state index contributed by atoms with van der Waals surface area (Å²) in [5, 5.41) is 0.741. The first-order valence-corrected chi connectivity index (χ1v) is 5.72. The third-order valence-electron chi connectivity index (χ3n) is 2.37. The van der Waals surface area contributed by atoms with Gasteiger partial charge in [-0.25, -0.2) is 0 Å². The standard InChI is InChI=1S/C12H18ClNO/c1-3-9(14)8-10-11(13)6-5-7-12(10)15-4-2/h5-7,9H,3-4,8,14H2,1-2H3. The molecule has 15 heavy (non-hydrogen) atoms. The molecule has 0 aliphatic heterocycles. The number of rotatable bonds is 5. The number of nitrogens with two attached hydrogens (primary N) is 1. The summed E-state index contributed by atoms with van der Waals surface area (Å²) in [6.45, 7) is 4.68. The van der Waals surface area contributed by atoms with Crippen molar-refractivity contribution < 1.29 is 4.74 Å². The van der Waals surface area contributed by atoms with Crippen molar-refractivity contribution in [3.63, 3.8) is 0 Å². The maximum absolute atomic E-state index is 6.13. The second-order valence-corrected chi connectivity index (χ2v) is 3.93. The van der Waals surface area contributed by atoms with Crippen LogP contribution in [0.1, 0.15) is 25.8 Å². The average molecular weight is 228 g/mol. The van der Waals surface area contributed by atoms with Crippen LogP contribution in [0.15, 0.2) is 18.2 Å². The van der Waals surface area contributed by atoms with Crippen LogP contribution in [-0.2, 0) is 6.42 Å². The van der Waals surface area contributed by atoms with E-state index in [9.17, 15) is 0 Å². The lowest BCUT2D eigenvalue weighted by Crippen LogP contribution is -2.22. The molecule has 1 atom stereocenters. The molecule has 0 amide bonds. The summed E-state index contributed by atoms with van der Waals surface area (Å²) in [7, 11) is 0. The Morgan fingerprint density at radius 3 is 2.73 bits per heavy atom. The Kier molecular flexibility index (Phi) is 4.92. The highest BCUT2D eigenvalue weighted by Crippen LogP contribution is 2.27. The van der Waals surface area contributed by atoms with Crippen LogP contribution < -0.4 is 10.5 Å². The molecule has 0 spiro atoms. The fourth-order valence-corrected chi connectivity index (χ4v) is 1.68. The normalized spacial score (nSPS) is 12.5. The van der Waals surface area contributed by atoms with E-state index in [4.69, 9.17) is 22.1 Å². The molecule has 1 aromatic rings. The van der Waals surface area contributed by atoms with Crippen molar-refractivity contribution in [2.45, 2.75) is 32.7 Å². The maximum atomic E-state index is 6.13. The van der Waals surface area contributed by atoms with E-state index in [1.807, 2.05) is 25.1 Å². The smallest absolute Gasteiger partial charge is 0.124 e. The fourth-order valence-electron chi connectivity index (χ4n) is 1.43. The number of halogens is 1. The van der Waals surface area contributed by atoms with Crippen molar-refractivity contribution in [2.75, 3.05) is 6.61 Å². The van der Waals surface area contributed by atoms with Gasteiger partial charge in [-0.3, -0.25) is 0 Å². The van der Waals surface area contributed by atoms with Crippen LogP contribution in [0, 0.1) is 0 Å². The van der Waals surface area contributed by atoms with Crippen molar-refractivity contribution in [3.05, 3.63) is 28.8 Å². The molecule has 1 unspecified atom stereocenters. The fraction of sp³-hybridized carbons (Fsp3) is 0.500. The van der Waals surface area contributed by atoms with Gasteiger partial charge >= 0.3 is 0 Å². The van der Waals surface area contributed by atoms with Crippen LogP contribution in [0.25, 0.3) is 0 Å². The van der Waals surface area contributed by atoms with Gasteiger partial charge in [-0.1, -0.05) is 24.6 Å². The highest BCUT2D eigenvalue weighted by Gasteiger charge is 2.11. The minimum atomic E-state index is 0.143. The lowest BCUT2D eigenvalue weighted by atomic mass is 10.0. The molecule has 1 aromatic carbocycles. The van der Waals surface area contributed by atoms with Crippen molar-refractivity contribution in [2.24, 2.45) is 5.73 Å². The van der Waals surface area contributed by atoms with Gasteiger partial charge < -0.3 is 10.5 Å². The van der Waals surface area contributed by atoms with E-state index in [0.29, 0.717) is 6.61 Å². The Labute approximate surface area is 96.4 Å². The van der Waals surface area contributed by atoms with Crippen LogP contribution in [0.2, 0.25) is 5.02 Å². The molecule has 0 heterocycles. The molecule has 2 nitrogen and oxygen atoms in total. The molecule has 0 radical (unpaired) electrons. The van der Waals surface area contributed by atoms with Gasteiger partial charge in [-0.2, -0.15) is 0 Å². The quantitative estimate of drug-likeness (QED) is 0.839. The molecule has 2 N–H and O–H groups in total. The minimum absolute atomic E-state index is 0.143. The van der Waals surface area contributed by atoms with Crippen LogP contribution in [0.3, 0.4) is 0 Å². The zero-order valence-corrected chi connectivity index (χ0v) is 10.1. The summed E-state index contributed by atoms with van der Waals surface area (Å²) in [5.41, 5.74) is 6.95. The Morgan fingerprint density at radius 2 is 2.13 bits per heavy atom. The number of hydrogen-bond donors (Lipinski definition) is 1. The van der Waals surface area contributed by atoms with E-state index in [-0.39, 0.29) is 6.04 Å². The molecule has 0 saturated heterocycles. The second kappa shape index (κ2) is 5.99. The second-order valence-electron chi connectivity index (χ2n) is 3.52. The highest BCUT2D eigenvalue weighted by atomic mass is 35.5. The molecule has 84 valence electrons. The van der Waals surface area contributed by atoms with Crippen LogP contribution in [-0.4, -0.2) is 12.6 Å². The highest BCUT2D eigenvalue weighted by molar-refractivity contribution is 6.31. The zero-order chi connectivity index (χ0) is 11.3. The first kappa shape index (κ1) is 12.3. The minimum Gasteiger partial charge on any atom is -0.494 e. The van der Waals surface area contributed by atoms with Crippen LogP contribution >= 0.6 is 11.6 Å². The monoisotopic (exact) mass is 227 g/mol. The molecule has 0 fully saturated rings. The van der Waals surface area contributed by atoms with E-state index in [1.165, 1.54) is 0 Å². The summed E-state index contributed by atoms with van der Waals surface area (Å²) < 4.78 is 5.52. The van der Waals surface area contributed by atoms with E-state index >= 15 is 0 Å². The van der Waals surface area contributed by atoms with Gasteiger partial charge in [0.25, 0.3) is 0 Å². The van der Waals surface area contributed by atoms with E-state index in [1.54, 1.807) is 0 Å². The first-order chi connectivity index (χ1) is 7.19. The topological polar surface area (TPSA) is 35.2 Å². The Balaban J connectivity index is 2.91. The molecule has 0 bridgehead atoms. The van der Waals surface area contributed by atoms with Gasteiger partial charge in [0, 0.05) is 16.6 Å². The van der Waals surface area contributed by atoms with E-state index < -0.39 is 0 Å².